The van der Waals surface area contributed by atoms with Crippen LogP contribution in [0.4, 0.5) is 5.69 Å². The van der Waals surface area contributed by atoms with Crippen molar-refractivity contribution in [3.05, 3.63) is 41.3 Å². The molecule has 1 aromatic rings. The average Bonchev–Trinajstić information content (AvgIpc) is 2.95. The largest absolute Gasteiger partial charge is 0.369 e. The molecule has 5 nitrogen and oxygen atoms in total. The molecular weight excluding hydrogens is 330 g/mol. The van der Waals surface area contributed by atoms with Gasteiger partial charge in [0.2, 0.25) is 10.0 Å². The maximum absolute atomic E-state index is 12.1. The highest BCUT2D eigenvalue weighted by molar-refractivity contribution is 9.09. The zero-order valence-corrected chi connectivity index (χ0v) is 12.8. The van der Waals surface area contributed by atoms with Gasteiger partial charge in [0.05, 0.1) is 22.5 Å². The summed E-state index contributed by atoms with van der Waals surface area (Å²) in [7, 11) is -3.37. The molecule has 0 aliphatic carbocycles. The second-order valence-corrected chi connectivity index (χ2v) is 7.31. The minimum absolute atomic E-state index is 0.133. The second-order valence-electron chi connectivity index (χ2n) is 4.56. The third-order valence-electron chi connectivity index (χ3n) is 3.20. The van der Waals surface area contributed by atoms with Crippen molar-refractivity contribution in [3.63, 3.8) is 0 Å². The highest BCUT2D eigenvalue weighted by Crippen LogP contribution is 2.48. The summed E-state index contributed by atoms with van der Waals surface area (Å²) in [6, 6.07) is 7.53. The standard InChI is InChI=1S/C12H14BrN3O2S/c1-19(17,18)16-9-5-3-2-4-8(9)10(13)11(16)12-14-6-7-15-12/h2-5,10,14-15H,6-7H2,1H3. The van der Waals surface area contributed by atoms with Crippen LogP contribution in [-0.2, 0) is 10.0 Å². The van der Waals surface area contributed by atoms with E-state index in [9.17, 15) is 8.42 Å². The van der Waals surface area contributed by atoms with E-state index in [0.29, 0.717) is 11.4 Å². The van der Waals surface area contributed by atoms with E-state index in [0.717, 1.165) is 24.5 Å². The van der Waals surface area contributed by atoms with Crippen LogP contribution in [0, 0.1) is 0 Å². The van der Waals surface area contributed by atoms with Gasteiger partial charge in [-0.25, -0.2) is 12.7 Å². The fourth-order valence-corrected chi connectivity index (χ4v) is 4.50. The molecule has 3 rings (SSSR count). The van der Waals surface area contributed by atoms with E-state index >= 15 is 0 Å². The van der Waals surface area contributed by atoms with Gasteiger partial charge in [-0.15, -0.1) is 0 Å². The lowest BCUT2D eigenvalue weighted by atomic mass is 10.1. The summed E-state index contributed by atoms with van der Waals surface area (Å²) in [4.78, 5) is -0.133. The molecule has 2 aliphatic heterocycles. The van der Waals surface area contributed by atoms with Crippen LogP contribution < -0.4 is 14.9 Å². The van der Waals surface area contributed by atoms with Crippen LogP contribution in [0.1, 0.15) is 10.4 Å². The first kappa shape index (κ1) is 12.8. The zero-order valence-electron chi connectivity index (χ0n) is 10.4. The first-order valence-electron chi connectivity index (χ1n) is 5.95. The molecule has 19 heavy (non-hydrogen) atoms. The van der Waals surface area contributed by atoms with Gasteiger partial charge in [0.25, 0.3) is 0 Å². The van der Waals surface area contributed by atoms with Crippen LogP contribution >= 0.6 is 15.9 Å². The number of allylic oxidation sites excluding steroid dienone is 1. The monoisotopic (exact) mass is 343 g/mol. The van der Waals surface area contributed by atoms with Gasteiger partial charge in [0.1, 0.15) is 5.82 Å². The fraction of sp³-hybridized carbons (Fsp3) is 0.333. The van der Waals surface area contributed by atoms with Crippen LogP contribution in [-0.4, -0.2) is 27.8 Å². The lowest BCUT2D eigenvalue weighted by Gasteiger charge is -2.21. The minimum atomic E-state index is -3.37. The van der Waals surface area contributed by atoms with Gasteiger partial charge in [-0.1, -0.05) is 34.1 Å². The van der Waals surface area contributed by atoms with Crippen molar-refractivity contribution in [3.8, 4) is 0 Å². The quantitative estimate of drug-likeness (QED) is 0.753. The van der Waals surface area contributed by atoms with Crippen molar-refractivity contribution in [2.75, 3.05) is 23.7 Å². The first-order chi connectivity index (χ1) is 9.00. The number of rotatable bonds is 1. The molecule has 2 aliphatic rings. The zero-order chi connectivity index (χ0) is 13.6. The number of nitrogens with one attached hydrogen (secondary N) is 2. The second kappa shape index (κ2) is 4.42. The van der Waals surface area contributed by atoms with Gasteiger partial charge in [-0.05, 0) is 11.6 Å². The molecular formula is C12H14BrN3O2S. The van der Waals surface area contributed by atoms with Crippen LogP contribution in [0.25, 0.3) is 0 Å². The number of benzene rings is 1. The number of halogens is 1. The molecule has 7 heteroatoms. The number of sulfonamides is 1. The molecule has 0 amide bonds. The maximum Gasteiger partial charge on any atom is 0.236 e. The molecule has 1 saturated heterocycles. The van der Waals surface area contributed by atoms with E-state index in [-0.39, 0.29) is 4.83 Å². The van der Waals surface area contributed by atoms with Crippen molar-refractivity contribution in [1.82, 2.24) is 10.6 Å². The lowest BCUT2D eigenvalue weighted by Crippen LogP contribution is -2.31. The SMILES string of the molecule is CS(=O)(=O)N1C(=C2NCCN2)C(Br)c2ccccc21. The molecule has 1 fully saturated rings. The summed E-state index contributed by atoms with van der Waals surface area (Å²) >= 11 is 3.60. The number of hydrogen-bond acceptors (Lipinski definition) is 4. The number of hydrogen-bond donors (Lipinski definition) is 2. The van der Waals surface area contributed by atoms with Gasteiger partial charge in [-0.2, -0.15) is 0 Å². The van der Waals surface area contributed by atoms with E-state index in [1.54, 1.807) is 0 Å². The number of fused-ring (bicyclic) bond motifs is 1. The van der Waals surface area contributed by atoms with Crippen molar-refractivity contribution in [2.24, 2.45) is 0 Å². The van der Waals surface area contributed by atoms with Gasteiger partial charge >= 0.3 is 0 Å². The molecule has 0 bridgehead atoms. The summed E-state index contributed by atoms with van der Waals surface area (Å²) < 4.78 is 25.7. The van der Waals surface area contributed by atoms with E-state index in [4.69, 9.17) is 0 Å². The molecule has 0 radical (unpaired) electrons. The van der Waals surface area contributed by atoms with Gasteiger partial charge < -0.3 is 10.6 Å². The Morgan fingerprint density at radius 1 is 1.26 bits per heavy atom. The molecule has 2 heterocycles. The average molecular weight is 344 g/mol. The first-order valence-corrected chi connectivity index (χ1v) is 8.72. The van der Waals surface area contributed by atoms with E-state index in [2.05, 4.69) is 26.6 Å². The van der Waals surface area contributed by atoms with Crippen LogP contribution in [0.5, 0.6) is 0 Å². The van der Waals surface area contributed by atoms with E-state index in [1.807, 2.05) is 24.3 Å². The number of para-hydroxylation sites is 1. The highest BCUT2D eigenvalue weighted by atomic mass is 79.9. The minimum Gasteiger partial charge on any atom is -0.369 e. The van der Waals surface area contributed by atoms with E-state index in [1.165, 1.54) is 10.6 Å². The van der Waals surface area contributed by atoms with Gasteiger partial charge in [0.15, 0.2) is 0 Å². The predicted octanol–water partition coefficient (Wildman–Crippen LogP) is 1.26. The Labute approximate surface area is 120 Å². The summed E-state index contributed by atoms with van der Waals surface area (Å²) in [5.41, 5.74) is 2.39. The number of nitrogens with zero attached hydrogens (tertiary/aromatic N) is 1. The van der Waals surface area contributed by atoms with Crippen molar-refractivity contribution >= 4 is 31.6 Å². The molecule has 0 saturated carbocycles. The molecule has 1 unspecified atom stereocenters. The Morgan fingerprint density at radius 3 is 2.53 bits per heavy atom. The molecule has 0 spiro atoms. The number of anilines is 1. The Hall–Kier alpha value is -1.21. The van der Waals surface area contributed by atoms with Crippen LogP contribution in [0.2, 0.25) is 0 Å². The van der Waals surface area contributed by atoms with Crippen molar-refractivity contribution in [2.45, 2.75) is 4.83 Å². The molecule has 1 atom stereocenters. The van der Waals surface area contributed by atoms with Crippen molar-refractivity contribution in [1.29, 1.82) is 0 Å². The number of alkyl halides is 1. The van der Waals surface area contributed by atoms with Crippen LogP contribution in [0.15, 0.2) is 35.8 Å². The summed E-state index contributed by atoms with van der Waals surface area (Å²) in [5, 5.41) is 6.40. The normalized spacial score (nSPS) is 22.2. The predicted molar refractivity (Wildman–Crippen MR) is 78.5 cm³/mol. The Bertz CT molecular complexity index is 649. The highest BCUT2D eigenvalue weighted by Gasteiger charge is 2.39. The van der Waals surface area contributed by atoms with Crippen LogP contribution in [0.3, 0.4) is 0 Å². The maximum atomic E-state index is 12.1. The molecule has 0 aromatic heterocycles. The van der Waals surface area contributed by atoms with Gasteiger partial charge in [-0.3, -0.25) is 0 Å². The Balaban J connectivity index is 2.24. The third kappa shape index (κ3) is 2.01. The lowest BCUT2D eigenvalue weighted by molar-refractivity contribution is 0.600. The third-order valence-corrected chi connectivity index (χ3v) is 5.19. The van der Waals surface area contributed by atoms with E-state index < -0.39 is 10.0 Å². The topological polar surface area (TPSA) is 61.4 Å². The van der Waals surface area contributed by atoms with Gasteiger partial charge in [0, 0.05) is 13.1 Å². The molecule has 102 valence electrons. The summed E-state index contributed by atoms with van der Waals surface area (Å²) in [5.74, 6) is 0.781. The Morgan fingerprint density at radius 2 is 1.89 bits per heavy atom. The fourth-order valence-electron chi connectivity index (χ4n) is 2.47. The Kier molecular flexibility index (Phi) is 2.98. The summed E-state index contributed by atoms with van der Waals surface area (Å²) in [6.07, 6.45) is 1.23. The molecule has 2 N–H and O–H groups in total. The smallest absolute Gasteiger partial charge is 0.236 e. The molecule has 1 aromatic carbocycles. The van der Waals surface area contributed by atoms with Crippen molar-refractivity contribution < 1.29 is 8.42 Å². The summed E-state index contributed by atoms with van der Waals surface area (Å²) in [6.45, 7) is 1.60.